The third-order valence-corrected chi connectivity index (χ3v) is 6.63. The number of sulfone groups is 1. The van der Waals surface area contributed by atoms with Crippen molar-refractivity contribution in [2.75, 3.05) is 25.1 Å². The van der Waals surface area contributed by atoms with E-state index in [1.165, 1.54) is 12.1 Å². The SMILES string of the molecule is O=[N+]([O-])c1cc(S(=O)(=O)C(F)F)ccc1NCC1(c2ccc(F)cc2)CCOCC1. The van der Waals surface area contributed by atoms with Gasteiger partial charge in [0.15, 0.2) is 0 Å². The zero-order chi connectivity index (χ0) is 21.9. The first kappa shape index (κ1) is 22.0. The van der Waals surface area contributed by atoms with Crippen LogP contribution in [0.15, 0.2) is 47.4 Å². The number of nitro groups is 1. The lowest BCUT2D eigenvalue weighted by atomic mass is 9.74. The molecule has 2 aromatic carbocycles. The molecule has 0 amide bonds. The molecular weight excluding hydrogens is 425 g/mol. The van der Waals surface area contributed by atoms with Crippen LogP contribution in [0.1, 0.15) is 18.4 Å². The van der Waals surface area contributed by atoms with Crippen molar-refractivity contribution in [1.82, 2.24) is 0 Å². The van der Waals surface area contributed by atoms with Crippen molar-refractivity contribution in [2.45, 2.75) is 28.9 Å². The third kappa shape index (κ3) is 4.41. The molecule has 0 unspecified atom stereocenters. The Morgan fingerprint density at radius 1 is 1.13 bits per heavy atom. The van der Waals surface area contributed by atoms with E-state index in [0.29, 0.717) is 32.1 Å². The quantitative estimate of drug-likeness (QED) is 0.514. The number of halogens is 3. The number of nitrogens with one attached hydrogen (secondary N) is 1. The lowest BCUT2D eigenvalue weighted by molar-refractivity contribution is -0.384. The standard InChI is InChI=1S/C19H19F3N2O5S/c20-14-3-1-13(2-4-14)19(7-9-29-10-8-19)12-23-16-6-5-15(11-17(16)24(25)26)30(27,28)18(21)22/h1-6,11,18,23H,7-10,12H2. The molecule has 1 aliphatic rings. The minimum Gasteiger partial charge on any atom is -0.381 e. The molecule has 0 atom stereocenters. The van der Waals surface area contributed by atoms with E-state index in [-0.39, 0.29) is 18.0 Å². The molecule has 1 N–H and O–H groups in total. The molecule has 11 heteroatoms. The number of nitro benzene ring substituents is 1. The van der Waals surface area contributed by atoms with Crippen LogP contribution in [0.2, 0.25) is 0 Å². The Balaban J connectivity index is 1.92. The lowest BCUT2D eigenvalue weighted by Gasteiger charge is -2.38. The van der Waals surface area contributed by atoms with E-state index in [9.17, 15) is 31.7 Å². The first-order chi connectivity index (χ1) is 14.2. The largest absolute Gasteiger partial charge is 0.381 e. The second-order valence-corrected chi connectivity index (χ2v) is 8.91. The maximum Gasteiger partial charge on any atom is 0.341 e. The molecule has 1 saturated heterocycles. The average Bonchev–Trinajstić information content (AvgIpc) is 2.73. The summed E-state index contributed by atoms with van der Waals surface area (Å²) in [5.41, 5.74) is -0.286. The molecule has 162 valence electrons. The molecule has 2 aromatic rings. The molecule has 0 aromatic heterocycles. The van der Waals surface area contributed by atoms with Gasteiger partial charge in [-0.25, -0.2) is 12.8 Å². The number of hydrogen-bond donors (Lipinski definition) is 1. The van der Waals surface area contributed by atoms with Crippen molar-refractivity contribution in [3.05, 3.63) is 64.0 Å². The van der Waals surface area contributed by atoms with Crippen molar-refractivity contribution in [1.29, 1.82) is 0 Å². The van der Waals surface area contributed by atoms with E-state index >= 15 is 0 Å². The van der Waals surface area contributed by atoms with Crippen molar-refractivity contribution < 1.29 is 31.2 Å². The Hall–Kier alpha value is -2.66. The van der Waals surface area contributed by atoms with Crippen molar-refractivity contribution in [3.63, 3.8) is 0 Å². The highest BCUT2D eigenvalue weighted by atomic mass is 32.2. The predicted molar refractivity (Wildman–Crippen MR) is 103 cm³/mol. The normalized spacial score (nSPS) is 16.4. The Morgan fingerprint density at radius 2 is 1.77 bits per heavy atom. The van der Waals surface area contributed by atoms with Crippen LogP contribution in [0.5, 0.6) is 0 Å². The van der Waals surface area contributed by atoms with E-state index in [4.69, 9.17) is 4.74 Å². The van der Waals surface area contributed by atoms with Gasteiger partial charge in [-0.3, -0.25) is 10.1 Å². The number of hydrogen-bond acceptors (Lipinski definition) is 6. The number of ether oxygens (including phenoxy) is 1. The molecule has 30 heavy (non-hydrogen) atoms. The highest BCUT2D eigenvalue weighted by Gasteiger charge is 2.35. The van der Waals surface area contributed by atoms with Gasteiger partial charge in [-0.15, -0.1) is 0 Å². The monoisotopic (exact) mass is 444 g/mol. The van der Waals surface area contributed by atoms with Crippen LogP contribution in [0.4, 0.5) is 24.5 Å². The second kappa shape index (κ2) is 8.60. The van der Waals surface area contributed by atoms with Gasteiger partial charge in [0.25, 0.3) is 5.69 Å². The number of nitrogens with zero attached hydrogens (tertiary/aromatic N) is 1. The first-order valence-electron chi connectivity index (χ1n) is 9.04. The second-order valence-electron chi connectivity index (χ2n) is 6.99. The maximum absolute atomic E-state index is 13.3. The van der Waals surface area contributed by atoms with Crippen LogP contribution in [-0.2, 0) is 20.0 Å². The zero-order valence-corrected chi connectivity index (χ0v) is 16.5. The first-order valence-corrected chi connectivity index (χ1v) is 10.6. The van der Waals surface area contributed by atoms with E-state index < -0.39 is 36.5 Å². The molecule has 0 saturated carbocycles. The Kier molecular flexibility index (Phi) is 6.32. The molecule has 0 radical (unpaired) electrons. The van der Waals surface area contributed by atoms with Crippen LogP contribution in [-0.4, -0.2) is 38.9 Å². The fraction of sp³-hybridized carbons (Fsp3) is 0.368. The number of alkyl halides is 2. The summed E-state index contributed by atoms with van der Waals surface area (Å²) in [4.78, 5) is 9.77. The van der Waals surface area contributed by atoms with Crippen LogP contribution >= 0.6 is 0 Å². The van der Waals surface area contributed by atoms with Crippen LogP contribution in [0.25, 0.3) is 0 Å². The maximum atomic E-state index is 13.3. The summed E-state index contributed by atoms with van der Waals surface area (Å²) >= 11 is 0. The zero-order valence-electron chi connectivity index (χ0n) is 15.7. The summed E-state index contributed by atoms with van der Waals surface area (Å²) in [6, 6.07) is 8.59. The summed E-state index contributed by atoms with van der Waals surface area (Å²) in [7, 11) is -4.96. The lowest BCUT2D eigenvalue weighted by Crippen LogP contribution is -2.40. The molecule has 0 spiro atoms. The summed E-state index contributed by atoms with van der Waals surface area (Å²) in [6.45, 7) is 1.13. The van der Waals surface area contributed by atoms with Crippen molar-refractivity contribution in [2.24, 2.45) is 0 Å². The molecular formula is C19H19F3N2O5S. The van der Waals surface area contributed by atoms with Crippen molar-refractivity contribution >= 4 is 21.2 Å². The third-order valence-electron chi connectivity index (χ3n) is 5.25. The Morgan fingerprint density at radius 3 is 2.33 bits per heavy atom. The Labute approximate surface area is 170 Å². The van der Waals surface area contributed by atoms with E-state index in [1.54, 1.807) is 12.1 Å². The summed E-state index contributed by atoms with van der Waals surface area (Å²) in [5.74, 6) is -4.07. The van der Waals surface area contributed by atoms with Gasteiger partial charge in [-0.05, 0) is 42.7 Å². The highest BCUT2D eigenvalue weighted by molar-refractivity contribution is 7.91. The Bertz CT molecular complexity index is 1020. The van der Waals surface area contributed by atoms with Gasteiger partial charge >= 0.3 is 5.76 Å². The molecule has 1 heterocycles. The molecule has 1 aliphatic heterocycles. The minimum atomic E-state index is -4.96. The fourth-order valence-corrected chi connectivity index (χ4v) is 4.23. The van der Waals surface area contributed by atoms with Gasteiger partial charge in [0, 0.05) is 31.2 Å². The van der Waals surface area contributed by atoms with Gasteiger partial charge in [0.1, 0.15) is 11.5 Å². The van der Waals surface area contributed by atoms with Gasteiger partial charge < -0.3 is 10.1 Å². The van der Waals surface area contributed by atoms with Gasteiger partial charge in [0.05, 0.1) is 9.82 Å². The molecule has 1 fully saturated rings. The number of benzene rings is 2. The van der Waals surface area contributed by atoms with Crippen LogP contribution < -0.4 is 5.32 Å². The van der Waals surface area contributed by atoms with E-state index in [1.807, 2.05) is 0 Å². The van der Waals surface area contributed by atoms with Gasteiger partial charge in [-0.2, -0.15) is 8.78 Å². The van der Waals surface area contributed by atoms with E-state index in [2.05, 4.69) is 5.32 Å². The number of rotatable bonds is 7. The summed E-state index contributed by atoms with van der Waals surface area (Å²) in [6.07, 6.45) is 1.16. The van der Waals surface area contributed by atoms with Crippen LogP contribution in [0, 0.1) is 15.9 Å². The molecule has 0 bridgehead atoms. The van der Waals surface area contributed by atoms with Gasteiger partial charge in [0.2, 0.25) is 9.84 Å². The molecule has 3 rings (SSSR count). The van der Waals surface area contributed by atoms with Crippen molar-refractivity contribution in [3.8, 4) is 0 Å². The molecule has 0 aliphatic carbocycles. The summed E-state index contributed by atoms with van der Waals surface area (Å²) < 4.78 is 67.6. The topological polar surface area (TPSA) is 98.5 Å². The summed E-state index contributed by atoms with van der Waals surface area (Å²) in [5, 5.41) is 14.4. The smallest absolute Gasteiger partial charge is 0.341 e. The predicted octanol–water partition coefficient (Wildman–Crippen LogP) is 3.89. The number of anilines is 1. The molecule has 7 nitrogen and oxygen atoms in total. The van der Waals surface area contributed by atoms with E-state index in [0.717, 1.165) is 17.7 Å². The minimum absolute atomic E-state index is 0.00111. The van der Waals surface area contributed by atoms with Gasteiger partial charge in [-0.1, -0.05) is 12.1 Å². The highest BCUT2D eigenvalue weighted by Crippen LogP contribution is 2.37. The van der Waals surface area contributed by atoms with Crippen LogP contribution in [0.3, 0.4) is 0 Å². The fourth-order valence-electron chi connectivity index (χ4n) is 3.49. The average molecular weight is 444 g/mol.